The summed E-state index contributed by atoms with van der Waals surface area (Å²) in [6.07, 6.45) is 0.748. The smallest absolute Gasteiger partial charge is 0.175 e. The van der Waals surface area contributed by atoms with Crippen LogP contribution in [0.3, 0.4) is 0 Å². The Morgan fingerprint density at radius 3 is 2.31 bits per heavy atom. The van der Waals surface area contributed by atoms with Crippen molar-refractivity contribution in [3.05, 3.63) is 121 Å². The standard InChI is InChI=1S/C35H24N5OP/c1-2-32-36-27-16-10-18-31-33(27)39(32)29-21-22(19-20-30(29)42(31,41)23-11-4-3-5-12-23)34-37-25-14-7-6-13-24(25)35-38-26-15-8-9-17-28(26)40(34)35/h3-21H,2H2,1H3. The van der Waals surface area contributed by atoms with Gasteiger partial charge in [-0.05, 0) is 48.5 Å². The summed E-state index contributed by atoms with van der Waals surface area (Å²) in [5.74, 6) is 1.74. The Balaban J connectivity index is 1.42. The van der Waals surface area contributed by atoms with Crippen molar-refractivity contribution in [3.63, 3.8) is 0 Å². The molecule has 0 saturated heterocycles. The van der Waals surface area contributed by atoms with E-state index in [1.165, 1.54) is 0 Å². The highest BCUT2D eigenvalue weighted by molar-refractivity contribution is 7.86. The predicted molar refractivity (Wildman–Crippen MR) is 170 cm³/mol. The Morgan fingerprint density at radius 1 is 0.690 bits per heavy atom. The van der Waals surface area contributed by atoms with Gasteiger partial charge in [0.05, 0.1) is 33.3 Å². The van der Waals surface area contributed by atoms with Crippen molar-refractivity contribution in [3.8, 4) is 17.1 Å². The van der Waals surface area contributed by atoms with E-state index >= 15 is 4.57 Å². The number of aryl methyl sites for hydroxylation is 1. The first-order valence-corrected chi connectivity index (χ1v) is 15.9. The van der Waals surface area contributed by atoms with Crippen LogP contribution >= 0.6 is 7.14 Å². The maximum absolute atomic E-state index is 15.5. The summed E-state index contributed by atoms with van der Waals surface area (Å²) in [5.41, 5.74) is 7.28. The van der Waals surface area contributed by atoms with Crippen LogP contribution in [0, 0.1) is 0 Å². The molecule has 0 fully saturated rings. The SMILES string of the molecule is CCc1nc2cccc3c2n1-c1cc(-c2nc4ccccc4c4nc5ccccc5n24)ccc1P3(=O)c1ccccc1. The Morgan fingerprint density at radius 2 is 1.45 bits per heavy atom. The highest BCUT2D eigenvalue weighted by Crippen LogP contribution is 2.49. The zero-order chi connectivity index (χ0) is 28.0. The lowest BCUT2D eigenvalue weighted by Crippen LogP contribution is -2.33. The minimum atomic E-state index is -3.19. The minimum absolute atomic E-state index is 0.748. The van der Waals surface area contributed by atoms with E-state index in [0.717, 1.165) is 83.9 Å². The zero-order valence-electron chi connectivity index (χ0n) is 22.8. The third-order valence-electron chi connectivity index (χ3n) is 8.46. The molecule has 8 aromatic rings. The average Bonchev–Trinajstić information content (AvgIpc) is 3.63. The number of para-hydroxylation sites is 4. The van der Waals surface area contributed by atoms with Gasteiger partial charge in [0.15, 0.2) is 7.14 Å². The molecule has 0 amide bonds. The number of rotatable bonds is 3. The van der Waals surface area contributed by atoms with Gasteiger partial charge in [0.2, 0.25) is 0 Å². The van der Waals surface area contributed by atoms with E-state index in [2.05, 4.69) is 40.2 Å². The van der Waals surface area contributed by atoms with E-state index in [1.807, 2.05) is 91.0 Å². The molecule has 1 aliphatic heterocycles. The fourth-order valence-electron chi connectivity index (χ4n) is 6.60. The number of benzene rings is 5. The fourth-order valence-corrected chi connectivity index (χ4v) is 9.59. The second-order valence-corrected chi connectivity index (χ2v) is 13.4. The van der Waals surface area contributed by atoms with Gasteiger partial charge >= 0.3 is 0 Å². The molecule has 200 valence electrons. The number of nitrogens with zero attached hydrogens (tertiary/aromatic N) is 5. The second-order valence-electron chi connectivity index (χ2n) is 10.7. The molecular weight excluding hydrogens is 537 g/mol. The van der Waals surface area contributed by atoms with Crippen LogP contribution in [-0.4, -0.2) is 23.9 Å². The molecule has 0 aliphatic carbocycles. The molecule has 0 radical (unpaired) electrons. The van der Waals surface area contributed by atoms with Gasteiger partial charge in [0, 0.05) is 33.3 Å². The zero-order valence-corrected chi connectivity index (χ0v) is 23.7. The summed E-state index contributed by atoms with van der Waals surface area (Å²) >= 11 is 0. The predicted octanol–water partition coefficient (Wildman–Crippen LogP) is 6.56. The molecule has 7 heteroatoms. The lowest BCUT2D eigenvalue weighted by molar-refractivity contribution is 0.592. The van der Waals surface area contributed by atoms with E-state index in [9.17, 15) is 0 Å². The van der Waals surface area contributed by atoms with E-state index in [4.69, 9.17) is 15.0 Å². The fraction of sp³-hybridized carbons (Fsp3) is 0.0571. The van der Waals surface area contributed by atoms with Crippen LogP contribution < -0.4 is 15.9 Å². The molecular formula is C35H24N5OP. The number of fused-ring (bicyclic) bond motifs is 7. The van der Waals surface area contributed by atoms with Crippen molar-refractivity contribution in [2.45, 2.75) is 13.3 Å². The summed E-state index contributed by atoms with van der Waals surface area (Å²) < 4.78 is 19.8. The van der Waals surface area contributed by atoms with E-state index in [-0.39, 0.29) is 0 Å². The van der Waals surface area contributed by atoms with Crippen LogP contribution in [0.1, 0.15) is 12.7 Å². The summed E-state index contributed by atoms with van der Waals surface area (Å²) in [4.78, 5) is 15.2. The third-order valence-corrected chi connectivity index (χ3v) is 11.6. The lowest BCUT2D eigenvalue weighted by Gasteiger charge is -2.29. The van der Waals surface area contributed by atoms with Crippen molar-refractivity contribution < 1.29 is 4.57 Å². The molecule has 5 aromatic carbocycles. The minimum Gasteiger partial charge on any atom is -0.308 e. The van der Waals surface area contributed by atoms with E-state index in [1.54, 1.807) is 0 Å². The Hall–Kier alpha value is -5.06. The van der Waals surface area contributed by atoms with Gasteiger partial charge < -0.3 is 4.57 Å². The monoisotopic (exact) mass is 561 g/mol. The van der Waals surface area contributed by atoms with Crippen molar-refractivity contribution in [1.82, 2.24) is 23.9 Å². The third kappa shape index (κ3) is 2.99. The maximum atomic E-state index is 15.5. The van der Waals surface area contributed by atoms with Gasteiger partial charge in [-0.15, -0.1) is 0 Å². The first-order valence-electron chi connectivity index (χ1n) is 14.1. The molecule has 42 heavy (non-hydrogen) atoms. The highest BCUT2D eigenvalue weighted by Gasteiger charge is 2.39. The summed E-state index contributed by atoms with van der Waals surface area (Å²) in [6.45, 7) is 2.12. The van der Waals surface area contributed by atoms with Crippen molar-refractivity contribution >= 4 is 61.7 Å². The van der Waals surface area contributed by atoms with Crippen molar-refractivity contribution in [2.24, 2.45) is 0 Å². The van der Waals surface area contributed by atoms with Gasteiger partial charge in [-0.2, -0.15) is 0 Å². The van der Waals surface area contributed by atoms with Gasteiger partial charge in [0.25, 0.3) is 0 Å². The Kier molecular flexibility index (Phi) is 4.77. The maximum Gasteiger partial charge on any atom is 0.175 e. The van der Waals surface area contributed by atoms with Gasteiger partial charge in [-0.25, -0.2) is 15.0 Å². The van der Waals surface area contributed by atoms with Crippen molar-refractivity contribution in [1.29, 1.82) is 0 Å². The number of aromatic nitrogens is 5. The summed E-state index contributed by atoms with van der Waals surface area (Å²) in [6, 6.07) is 38.4. The topological polar surface area (TPSA) is 65.1 Å². The average molecular weight is 562 g/mol. The Bertz CT molecular complexity index is 2440. The molecule has 3 aromatic heterocycles. The van der Waals surface area contributed by atoms with E-state index < -0.39 is 7.14 Å². The molecule has 1 unspecified atom stereocenters. The number of hydrogen-bond acceptors (Lipinski definition) is 4. The Labute approximate surface area is 241 Å². The highest BCUT2D eigenvalue weighted by atomic mass is 31.2. The molecule has 6 nitrogen and oxygen atoms in total. The van der Waals surface area contributed by atoms with Crippen LogP contribution in [0.4, 0.5) is 0 Å². The first kappa shape index (κ1) is 23.6. The molecule has 9 rings (SSSR count). The lowest BCUT2D eigenvalue weighted by atomic mass is 10.1. The van der Waals surface area contributed by atoms with Gasteiger partial charge in [-0.1, -0.05) is 73.7 Å². The van der Waals surface area contributed by atoms with Crippen LogP contribution in [0.25, 0.3) is 55.7 Å². The molecule has 1 aliphatic rings. The summed E-state index contributed by atoms with van der Waals surface area (Å²) in [7, 11) is -3.19. The molecule has 0 N–H and O–H groups in total. The van der Waals surface area contributed by atoms with Gasteiger partial charge in [0.1, 0.15) is 17.3 Å². The van der Waals surface area contributed by atoms with Crippen LogP contribution in [-0.2, 0) is 11.0 Å². The molecule has 0 saturated carbocycles. The molecule has 0 spiro atoms. The number of hydrogen-bond donors (Lipinski definition) is 0. The normalized spacial score (nSPS) is 16.0. The first-order chi connectivity index (χ1) is 20.7. The van der Waals surface area contributed by atoms with Crippen LogP contribution in [0.5, 0.6) is 0 Å². The van der Waals surface area contributed by atoms with E-state index in [0.29, 0.717) is 0 Å². The molecule has 0 bridgehead atoms. The quantitative estimate of drug-likeness (QED) is 0.229. The van der Waals surface area contributed by atoms with Crippen LogP contribution in [0.2, 0.25) is 0 Å². The molecule has 4 heterocycles. The molecule has 1 atom stereocenters. The second kappa shape index (κ2) is 8.48. The largest absolute Gasteiger partial charge is 0.308 e. The van der Waals surface area contributed by atoms with Crippen molar-refractivity contribution in [2.75, 3.05) is 0 Å². The summed E-state index contributed by atoms with van der Waals surface area (Å²) in [5, 5.41) is 3.48. The van der Waals surface area contributed by atoms with Crippen LogP contribution in [0.15, 0.2) is 115 Å². The number of imidazole rings is 2. The van der Waals surface area contributed by atoms with Gasteiger partial charge in [-0.3, -0.25) is 8.97 Å².